The van der Waals surface area contributed by atoms with Crippen LogP contribution in [-0.2, 0) is 0 Å². The highest BCUT2D eigenvalue weighted by atomic mass is 16.3. The quantitative estimate of drug-likeness (QED) is 0.411. The minimum atomic E-state index is -0.701. The van der Waals surface area contributed by atoms with Crippen molar-refractivity contribution in [3.8, 4) is 5.75 Å². The molecule has 4 rings (SSSR count). The Morgan fingerprint density at radius 2 is 1.68 bits per heavy atom. The van der Waals surface area contributed by atoms with Gasteiger partial charge < -0.3 is 16.2 Å². The first-order valence-corrected chi connectivity index (χ1v) is 9.32. The summed E-state index contributed by atoms with van der Waals surface area (Å²) in [7, 11) is 0. The number of primary amides is 1. The van der Waals surface area contributed by atoms with E-state index in [9.17, 15) is 14.7 Å². The molecule has 0 aliphatic heterocycles. The van der Waals surface area contributed by atoms with Crippen LogP contribution in [0.15, 0.2) is 89.2 Å². The first-order chi connectivity index (χ1) is 15.0. The second kappa shape index (κ2) is 8.42. The maximum atomic E-state index is 13.0. The Morgan fingerprint density at radius 3 is 2.45 bits per heavy atom. The van der Waals surface area contributed by atoms with Gasteiger partial charge in [0.1, 0.15) is 5.69 Å². The number of hydrogen-bond acceptors (Lipinski definition) is 6. The first-order valence-electron chi connectivity index (χ1n) is 9.32. The topological polar surface area (TPSA) is 130 Å². The summed E-state index contributed by atoms with van der Waals surface area (Å²) in [5.41, 5.74) is 6.13. The maximum Gasteiger partial charge on any atom is 0.260 e. The zero-order valence-corrected chi connectivity index (χ0v) is 16.2. The maximum absolute atomic E-state index is 13.0. The van der Waals surface area contributed by atoms with Crippen molar-refractivity contribution in [1.82, 2.24) is 4.98 Å². The van der Waals surface area contributed by atoms with E-state index >= 15 is 0 Å². The molecule has 2 amide bonds. The molecule has 0 unspecified atom stereocenters. The molecule has 3 aromatic carbocycles. The highest BCUT2D eigenvalue weighted by molar-refractivity contribution is 6.16. The van der Waals surface area contributed by atoms with Crippen molar-refractivity contribution < 1.29 is 14.7 Å². The van der Waals surface area contributed by atoms with Crippen molar-refractivity contribution in [1.29, 1.82) is 0 Å². The Morgan fingerprint density at radius 1 is 0.935 bits per heavy atom. The average Bonchev–Trinajstić information content (AvgIpc) is 2.78. The summed E-state index contributed by atoms with van der Waals surface area (Å²) in [6.45, 7) is 0. The first kappa shape index (κ1) is 19.7. The van der Waals surface area contributed by atoms with E-state index < -0.39 is 11.8 Å². The number of pyridine rings is 1. The lowest BCUT2D eigenvalue weighted by Crippen LogP contribution is -2.12. The molecule has 0 fully saturated rings. The standard InChI is InChI=1S/C23H17N5O3/c24-21(30)17-11-6-12-25-22(17)28-27-18-13-14-7-4-5-10-16(14)19(20(18)29)23(31)26-15-8-2-1-3-9-15/h1-13,29H,(H2,24,30)(H,26,31)/b28-27+. The molecule has 0 spiro atoms. The third-order valence-electron chi connectivity index (χ3n) is 4.57. The van der Waals surface area contributed by atoms with Gasteiger partial charge in [0.2, 0.25) is 0 Å². The molecule has 0 bridgehead atoms. The number of rotatable bonds is 5. The van der Waals surface area contributed by atoms with Crippen LogP contribution in [0, 0.1) is 0 Å². The number of nitrogens with zero attached hydrogens (tertiary/aromatic N) is 3. The number of para-hydroxylation sites is 1. The molecule has 8 nitrogen and oxygen atoms in total. The fraction of sp³-hybridized carbons (Fsp3) is 0. The number of amides is 2. The summed E-state index contributed by atoms with van der Waals surface area (Å²) in [6.07, 6.45) is 1.44. The molecule has 1 heterocycles. The summed E-state index contributed by atoms with van der Waals surface area (Å²) in [4.78, 5) is 28.6. The Hall–Kier alpha value is -4.59. The van der Waals surface area contributed by atoms with Crippen LogP contribution >= 0.6 is 0 Å². The molecule has 0 radical (unpaired) electrons. The van der Waals surface area contributed by atoms with Crippen molar-refractivity contribution in [2.45, 2.75) is 0 Å². The number of fused-ring (bicyclic) bond motifs is 1. The SMILES string of the molecule is NC(=O)c1cccnc1/N=N/c1cc2ccccc2c(C(=O)Nc2ccccc2)c1O. The molecular weight excluding hydrogens is 394 g/mol. The lowest BCUT2D eigenvalue weighted by molar-refractivity contribution is 0.0997. The smallest absolute Gasteiger partial charge is 0.260 e. The molecule has 4 N–H and O–H groups in total. The molecule has 31 heavy (non-hydrogen) atoms. The predicted molar refractivity (Wildman–Crippen MR) is 117 cm³/mol. The number of carbonyl (C=O) groups excluding carboxylic acids is 2. The lowest BCUT2D eigenvalue weighted by atomic mass is 10.0. The summed E-state index contributed by atoms with van der Waals surface area (Å²) in [6, 6.07) is 20.6. The number of anilines is 1. The number of hydrogen-bond donors (Lipinski definition) is 3. The van der Waals surface area contributed by atoms with E-state index in [1.54, 1.807) is 54.6 Å². The number of aromatic nitrogens is 1. The van der Waals surface area contributed by atoms with Crippen LogP contribution in [0.5, 0.6) is 5.75 Å². The van der Waals surface area contributed by atoms with Crippen LogP contribution in [0.25, 0.3) is 10.8 Å². The minimum absolute atomic E-state index is 0.0119. The van der Waals surface area contributed by atoms with Gasteiger partial charge in [-0.15, -0.1) is 10.2 Å². The molecule has 152 valence electrons. The van der Waals surface area contributed by atoms with Crippen LogP contribution in [0.4, 0.5) is 17.2 Å². The van der Waals surface area contributed by atoms with Gasteiger partial charge >= 0.3 is 0 Å². The summed E-state index contributed by atoms with van der Waals surface area (Å²) < 4.78 is 0. The van der Waals surface area contributed by atoms with Crippen LogP contribution in [0.3, 0.4) is 0 Å². The van der Waals surface area contributed by atoms with Crippen LogP contribution < -0.4 is 11.1 Å². The van der Waals surface area contributed by atoms with E-state index in [1.165, 1.54) is 12.3 Å². The van der Waals surface area contributed by atoms with E-state index in [1.807, 2.05) is 12.1 Å². The van der Waals surface area contributed by atoms with Crippen LogP contribution in [-0.4, -0.2) is 21.9 Å². The Bertz CT molecular complexity index is 1320. The molecule has 0 aliphatic carbocycles. The Kier molecular flexibility index (Phi) is 5.35. The van der Waals surface area contributed by atoms with Crippen LogP contribution in [0.2, 0.25) is 0 Å². The second-order valence-electron chi connectivity index (χ2n) is 6.60. The van der Waals surface area contributed by atoms with Crippen molar-refractivity contribution in [3.05, 3.63) is 90.1 Å². The van der Waals surface area contributed by atoms with E-state index in [0.29, 0.717) is 16.5 Å². The van der Waals surface area contributed by atoms with Gasteiger partial charge in [-0.25, -0.2) is 4.98 Å². The molecule has 4 aromatic rings. The number of aromatic hydroxyl groups is 1. The van der Waals surface area contributed by atoms with Gasteiger partial charge in [-0.2, -0.15) is 0 Å². The van der Waals surface area contributed by atoms with E-state index in [0.717, 1.165) is 0 Å². The highest BCUT2D eigenvalue weighted by Gasteiger charge is 2.20. The zero-order valence-electron chi connectivity index (χ0n) is 16.2. The summed E-state index contributed by atoms with van der Waals surface area (Å²) in [5, 5.41) is 22.9. The van der Waals surface area contributed by atoms with Gasteiger partial charge in [0.25, 0.3) is 11.8 Å². The van der Waals surface area contributed by atoms with Gasteiger partial charge in [-0.3, -0.25) is 9.59 Å². The summed E-state index contributed by atoms with van der Waals surface area (Å²) in [5.74, 6) is -1.52. The fourth-order valence-corrected chi connectivity index (χ4v) is 3.11. The molecule has 8 heteroatoms. The number of nitrogens with two attached hydrogens (primary N) is 1. The van der Waals surface area contributed by atoms with E-state index in [2.05, 4.69) is 20.5 Å². The highest BCUT2D eigenvalue weighted by Crippen LogP contribution is 2.38. The monoisotopic (exact) mass is 411 g/mol. The number of nitrogens with one attached hydrogen (secondary N) is 1. The summed E-state index contributed by atoms with van der Waals surface area (Å²) >= 11 is 0. The van der Waals surface area contributed by atoms with Crippen molar-refractivity contribution in [2.75, 3.05) is 5.32 Å². The number of phenols is 1. The third kappa shape index (κ3) is 4.08. The average molecular weight is 411 g/mol. The van der Waals surface area contributed by atoms with Crippen molar-refractivity contribution >= 4 is 39.8 Å². The minimum Gasteiger partial charge on any atom is -0.505 e. The van der Waals surface area contributed by atoms with Gasteiger partial charge in [0.15, 0.2) is 11.6 Å². The van der Waals surface area contributed by atoms with Crippen LogP contribution in [0.1, 0.15) is 20.7 Å². The van der Waals surface area contributed by atoms with Crippen molar-refractivity contribution in [3.63, 3.8) is 0 Å². The second-order valence-corrected chi connectivity index (χ2v) is 6.60. The fourth-order valence-electron chi connectivity index (χ4n) is 3.11. The van der Waals surface area contributed by atoms with Gasteiger partial charge in [-0.1, -0.05) is 42.5 Å². The van der Waals surface area contributed by atoms with Crippen molar-refractivity contribution in [2.24, 2.45) is 16.0 Å². The Balaban J connectivity index is 1.80. The largest absolute Gasteiger partial charge is 0.505 e. The molecule has 0 atom stereocenters. The Labute approximate surface area is 177 Å². The molecule has 0 saturated heterocycles. The zero-order chi connectivity index (χ0) is 21.8. The lowest BCUT2D eigenvalue weighted by Gasteiger charge is -2.12. The molecular formula is C23H17N5O3. The predicted octanol–water partition coefficient (Wildman–Crippen LogP) is 4.71. The van der Waals surface area contributed by atoms with E-state index in [-0.39, 0.29) is 28.4 Å². The van der Waals surface area contributed by atoms with Gasteiger partial charge in [0, 0.05) is 11.9 Å². The molecule has 0 saturated carbocycles. The molecule has 1 aromatic heterocycles. The number of phenolic OH excluding ortho intramolecular Hbond substituents is 1. The number of benzene rings is 3. The number of azo groups is 1. The third-order valence-corrected chi connectivity index (χ3v) is 4.57. The number of carbonyl (C=O) groups is 2. The van der Waals surface area contributed by atoms with Gasteiger partial charge in [0.05, 0.1) is 11.1 Å². The van der Waals surface area contributed by atoms with Gasteiger partial charge in [-0.05, 0) is 41.1 Å². The molecule has 0 aliphatic rings. The van der Waals surface area contributed by atoms with E-state index in [4.69, 9.17) is 5.73 Å². The normalized spacial score (nSPS) is 11.0.